The lowest BCUT2D eigenvalue weighted by atomic mass is 9.81. The fraction of sp³-hybridized carbons (Fsp3) is 1.00. The molecule has 0 amide bonds. The molecule has 3 unspecified atom stereocenters. The Hall–Kier alpha value is 0. The van der Waals surface area contributed by atoms with Crippen LogP contribution >= 0.6 is 0 Å². The fourth-order valence-corrected chi connectivity index (χ4v) is 4.06. The zero-order valence-corrected chi connectivity index (χ0v) is 9.04. The molecule has 0 N–H and O–H groups in total. The van der Waals surface area contributed by atoms with Gasteiger partial charge in [-0.2, -0.15) is 0 Å². The van der Waals surface area contributed by atoms with Gasteiger partial charge in [0.2, 0.25) is 0 Å². The highest BCUT2D eigenvalue weighted by atomic mass is 15.0. The molecule has 12 heavy (non-hydrogen) atoms. The predicted octanol–water partition coefficient (Wildman–Crippen LogP) is 4.00. The third-order valence-corrected chi connectivity index (χ3v) is 5.43. The van der Waals surface area contributed by atoms with Crippen molar-refractivity contribution in [3.05, 3.63) is 0 Å². The van der Waals surface area contributed by atoms with Gasteiger partial charge in [0, 0.05) is 0 Å². The second kappa shape index (κ2) is 2.08. The molecule has 2 aliphatic carbocycles. The van der Waals surface area contributed by atoms with Crippen LogP contribution in [-0.4, -0.2) is 0 Å². The van der Waals surface area contributed by atoms with Crippen molar-refractivity contribution in [3.8, 4) is 0 Å². The van der Waals surface area contributed by atoms with Crippen molar-refractivity contribution in [2.75, 3.05) is 0 Å². The Bertz CT molecular complexity index is 204. The fourth-order valence-electron chi connectivity index (χ4n) is 4.06. The van der Waals surface area contributed by atoms with Gasteiger partial charge in [-0.05, 0) is 35.5 Å². The standard InChI is InChI=1S/C12H22/c1-5-7-8-10(3)11(4)9-12(10,11)6-2/h5-9H2,1-4H3. The Morgan fingerprint density at radius 1 is 1.17 bits per heavy atom. The van der Waals surface area contributed by atoms with Crippen molar-refractivity contribution >= 4 is 0 Å². The van der Waals surface area contributed by atoms with Gasteiger partial charge in [0.15, 0.2) is 0 Å². The Balaban J connectivity index is 1.99. The first-order valence-corrected chi connectivity index (χ1v) is 5.58. The first kappa shape index (κ1) is 8.59. The lowest BCUT2D eigenvalue weighted by Gasteiger charge is -2.24. The van der Waals surface area contributed by atoms with Gasteiger partial charge < -0.3 is 0 Å². The third-order valence-electron chi connectivity index (χ3n) is 5.43. The molecule has 0 radical (unpaired) electrons. The number of rotatable bonds is 4. The predicted molar refractivity (Wildman–Crippen MR) is 53.1 cm³/mol. The summed E-state index contributed by atoms with van der Waals surface area (Å²) in [6.45, 7) is 9.71. The van der Waals surface area contributed by atoms with Gasteiger partial charge in [0.05, 0.1) is 0 Å². The van der Waals surface area contributed by atoms with Crippen LogP contribution in [0, 0.1) is 16.2 Å². The zero-order valence-electron chi connectivity index (χ0n) is 9.04. The molecule has 0 aromatic rings. The molecule has 2 fully saturated rings. The van der Waals surface area contributed by atoms with E-state index in [4.69, 9.17) is 0 Å². The van der Waals surface area contributed by atoms with Gasteiger partial charge in [0.25, 0.3) is 0 Å². The van der Waals surface area contributed by atoms with Crippen LogP contribution in [0.15, 0.2) is 0 Å². The maximum absolute atomic E-state index is 2.52. The number of hydrogen-bond acceptors (Lipinski definition) is 0. The van der Waals surface area contributed by atoms with E-state index in [1.54, 1.807) is 0 Å². The average Bonchev–Trinajstić information content (AvgIpc) is 2.82. The number of hydrogen-bond donors (Lipinski definition) is 0. The molecule has 0 heteroatoms. The van der Waals surface area contributed by atoms with Crippen molar-refractivity contribution in [2.24, 2.45) is 16.2 Å². The molecule has 2 saturated carbocycles. The van der Waals surface area contributed by atoms with Crippen LogP contribution in [0.2, 0.25) is 0 Å². The average molecular weight is 166 g/mol. The molecule has 70 valence electrons. The zero-order chi connectivity index (χ0) is 9.04. The third kappa shape index (κ3) is 0.592. The highest BCUT2D eigenvalue weighted by Gasteiger charge is 2.92. The Kier molecular flexibility index (Phi) is 1.49. The molecule has 0 aliphatic heterocycles. The second-order valence-corrected chi connectivity index (χ2v) is 5.38. The van der Waals surface area contributed by atoms with Crippen molar-refractivity contribution < 1.29 is 0 Å². The minimum absolute atomic E-state index is 0.741. The van der Waals surface area contributed by atoms with E-state index in [-0.39, 0.29) is 0 Å². The molecular weight excluding hydrogens is 144 g/mol. The largest absolute Gasteiger partial charge is 0.0654 e. The van der Waals surface area contributed by atoms with Gasteiger partial charge in [-0.3, -0.25) is 0 Å². The Morgan fingerprint density at radius 2 is 1.83 bits per heavy atom. The summed E-state index contributed by atoms with van der Waals surface area (Å²) in [7, 11) is 0. The Labute approximate surface area is 76.7 Å². The smallest absolute Gasteiger partial charge is 0.0176 e. The van der Waals surface area contributed by atoms with Crippen molar-refractivity contribution in [2.45, 2.75) is 59.8 Å². The van der Waals surface area contributed by atoms with E-state index in [9.17, 15) is 0 Å². The molecule has 2 rings (SSSR count). The van der Waals surface area contributed by atoms with Crippen LogP contribution in [-0.2, 0) is 0 Å². The second-order valence-electron chi connectivity index (χ2n) is 5.38. The van der Waals surface area contributed by atoms with Crippen LogP contribution in [0.3, 0.4) is 0 Å². The summed E-state index contributed by atoms with van der Waals surface area (Å²) in [6, 6.07) is 0. The molecule has 2 aliphatic rings. The van der Waals surface area contributed by atoms with Crippen LogP contribution < -0.4 is 0 Å². The van der Waals surface area contributed by atoms with Crippen LogP contribution in [0.1, 0.15) is 59.8 Å². The minimum atomic E-state index is 0.741. The number of unbranched alkanes of at least 4 members (excludes halogenated alkanes) is 1. The lowest BCUT2D eigenvalue weighted by Crippen LogP contribution is -2.14. The molecular formula is C12H22. The SMILES string of the molecule is CCCCC1(C)C2(C)CC12CC. The van der Waals surface area contributed by atoms with E-state index in [1.807, 2.05) is 0 Å². The van der Waals surface area contributed by atoms with Gasteiger partial charge in [-0.1, -0.05) is 40.5 Å². The topological polar surface area (TPSA) is 0 Å². The van der Waals surface area contributed by atoms with Gasteiger partial charge >= 0.3 is 0 Å². The normalized spacial score (nSPS) is 55.0. The van der Waals surface area contributed by atoms with E-state index < -0.39 is 0 Å². The van der Waals surface area contributed by atoms with Gasteiger partial charge in [-0.15, -0.1) is 0 Å². The molecule has 0 saturated heterocycles. The molecule has 3 atom stereocenters. The highest BCUT2D eigenvalue weighted by Crippen LogP contribution is 2.99. The van der Waals surface area contributed by atoms with Crippen LogP contribution in [0.25, 0.3) is 0 Å². The summed E-state index contributed by atoms with van der Waals surface area (Å²) in [4.78, 5) is 0. The van der Waals surface area contributed by atoms with E-state index >= 15 is 0 Å². The quantitative estimate of drug-likeness (QED) is 0.592. The van der Waals surface area contributed by atoms with Crippen LogP contribution in [0.5, 0.6) is 0 Å². The Morgan fingerprint density at radius 3 is 2.17 bits per heavy atom. The van der Waals surface area contributed by atoms with Gasteiger partial charge in [0.1, 0.15) is 0 Å². The van der Waals surface area contributed by atoms with E-state index in [0.717, 1.165) is 16.2 Å². The summed E-state index contributed by atoms with van der Waals surface area (Å²) >= 11 is 0. The highest BCUT2D eigenvalue weighted by molar-refractivity contribution is 5.40. The summed E-state index contributed by atoms with van der Waals surface area (Å²) in [6.07, 6.45) is 7.23. The monoisotopic (exact) mass is 166 g/mol. The maximum Gasteiger partial charge on any atom is -0.0176 e. The molecule has 0 aromatic heterocycles. The summed E-state index contributed by atoms with van der Waals surface area (Å²) < 4.78 is 0. The number of fused-ring (bicyclic) bond motifs is 1. The first-order chi connectivity index (χ1) is 5.58. The molecule has 0 bridgehead atoms. The molecule has 0 nitrogen and oxygen atoms in total. The summed E-state index contributed by atoms with van der Waals surface area (Å²) in [5.41, 5.74) is 2.31. The molecule has 0 heterocycles. The first-order valence-electron chi connectivity index (χ1n) is 5.58. The van der Waals surface area contributed by atoms with E-state index in [1.165, 1.54) is 32.1 Å². The van der Waals surface area contributed by atoms with E-state index in [0.29, 0.717) is 0 Å². The maximum atomic E-state index is 2.52. The summed E-state index contributed by atoms with van der Waals surface area (Å²) in [5, 5.41) is 0. The van der Waals surface area contributed by atoms with Gasteiger partial charge in [-0.25, -0.2) is 0 Å². The minimum Gasteiger partial charge on any atom is -0.0654 e. The summed E-state index contributed by atoms with van der Waals surface area (Å²) in [5.74, 6) is 0. The molecule has 0 aromatic carbocycles. The van der Waals surface area contributed by atoms with E-state index in [2.05, 4.69) is 27.7 Å². The van der Waals surface area contributed by atoms with Crippen molar-refractivity contribution in [1.82, 2.24) is 0 Å². The lowest BCUT2D eigenvalue weighted by molar-refractivity contribution is 0.259. The van der Waals surface area contributed by atoms with Crippen molar-refractivity contribution in [3.63, 3.8) is 0 Å². The molecule has 0 spiro atoms. The van der Waals surface area contributed by atoms with Crippen LogP contribution in [0.4, 0.5) is 0 Å². The van der Waals surface area contributed by atoms with Crippen molar-refractivity contribution in [1.29, 1.82) is 0 Å².